The van der Waals surface area contributed by atoms with Crippen molar-refractivity contribution >= 4 is 28.9 Å². The number of nitrogens with zero attached hydrogens (tertiary/aromatic N) is 2. The number of halogens is 3. The van der Waals surface area contributed by atoms with E-state index in [9.17, 15) is 27.6 Å². The summed E-state index contributed by atoms with van der Waals surface area (Å²) in [5.41, 5.74) is 0. The maximum atomic E-state index is 12.5. The Labute approximate surface area is 152 Å². The van der Waals surface area contributed by atoms with Gasteiger partial charge in [-0.1, -0.05) is 0 Å². The third kappa shape index (κ3) is 3.92. The highest BCUT2D eigenvalue weighted by molar-refractivity contribution is 7.16. The zero-order valence-corrected chi connectivity index (χ0v) is 14.9. The number of rotatable bonds is 3. The van der Waals surface area contributed by atoms with Crippen molar-refractivity contribution in [2.75, 3.05) is 26.2 Å². The number of amides is 2. The van der Waals surface area contributed by atoms with Gasteiger partial charge in [0.1, 0.15) is 0 Å². The number of Topliss-reactive ketones (excluding diaryl/α,β-unsaturated/α-hetero) is 1. The summed E-state index contributed by atoms with van der Waals surface area (Å²) in [6, 6.07) is 2.30. The second-order valence-corrected chi connectivity index (χ2v) is 7.67. The number of carbonyl (C=O) groups is 3. The van der Waals surface area contributed by atoms with E-state index in [1.807, 2.05) is 4.90 Å². The van der Waals surface area contributed by atoms with Crippen molar-refractivity contribution in [3.63, 3.8) is 0 Å². The summed E-state index contributed by atoms with van der Waals surface area (Å²) >= 11 is 0.561. The van der Waals surface area contributed by atoms with E-state index >= 15 is 0 Å². The second kappa shape index (κ2) is 7.38. The lowest BCUT2D eigenvalue weighted by atomic mass is 9.95. The molecule has 5 nitrogen and oxygen atoms in total. The van der Waals surface area contributed by atoms with E-state index in [-0.39, 0.29) is 22.6 Å². The molecule has 2 amide bonds. The maximum absolute atomic E-state index is 12.5. The number of piperidine rings is 1. The van der Waals surface area contributed by atoms with Crippen LogP contribution in [-0.2, 0) is 4.79 Å². The van der Waals surface area contributed by atoms with Crippen molar-refractivity contribution in [3.8, 4) is 0 Å². The van der Waals surface area contributed by atoms with Crippen molar-refractivity contribution in [2.45, 2.75) is 31.9 Å². The van der Waals surface area contributed by atoms with E-state index in [1.165, 1.54) is 6.07 Å². The Kier molecular flexibility index (Phi) is 5.36. The van der Waals surface area contributed by atoms with Crippen LogP contribution in [0.25, 0.3) is 0 Å². The molecule has 142 valence electrons. The minimum atomic E-state index is -4.94. The molecule has 2 aliphatic rings. The molecule has 3 heterocycles. The molecule has 0 bridgehead atoms. The molecule has 3 rings (SSSR count). The predicted molar refractivity (Wildman–Crippen MR) is 89.1 cm³/mol. The first-order valence-corrected chi connectivity index (χ1v) is 9.38. The van der Waals surface area contributed by atoms with Crippen LogP contribution in [-0.4, -0.2) is 59.8 Å². The smallest absolute Gasteiger partial charge is 0.342 e. The largest absolute Gasteiger partial charge is 0.455 e. The van der Waals surface area contributed by atoms with E-state index in [1.54, 1.807) is 4.90 Å². The molecule has 2 aliphatic heterocycles. The highest BCUT2D eigenvalue weighted by Crippen LogP contribution is 2.28. The van der Waals surface area contributed by atoms with Crippen molar-refractivity contribution in [2.24, 2.45) is 5.92 Å². The van der Waals surface area contributed by atoms with Crippen LogP contribution in [0.4, 0.5) is 13.2 Å². The van der Waals surface area contributed by atoms with Crippen LogP contribution in [0.5, 0.6) is 0 Å². The van der Waals surface area contributed by atoms with Crippen LogP contribution in [0.1, 0.15) is 45.0 Å². The number of likely N-dealkylation sites (tertiary alicyclic amines) is 2. The fourth-order valence-electron chi connectivity index (χ4n) is 3.40. The van der Waals surface area contributed by atoms with E-state index < -0.39 is 16.8 Å². The second-order valence-electron chi connectivity index (χ2n) is 6.59. The Bertz CT molecular complexity index is 702. The van der Waals surface area contributed by atoms with Crippen LogP contribution < -0.4 is 0 Å². The number of alkyl halides is 3. The lowest BCUT2D eigenvalue weighted by Crippen LogP contribution is -2.43. The highest BCUT2D eigenvalue weighted by Gasteiger charge is 2.40. The Morgan fingerprint density at radius 3 is 2.08 bits per heavy atom. The van der Waals surface area contributed by atoms with Crippen LogP contribution in [0.3, 0.4) is 0 Å². The summed E-state index contributed by atoms with van der Waals surface area (Å²) in [5, 5.41) is 0. The van der Waals surface area contributed by atoms with Crippen molar-refractivity contribution in [3.05, 3.63) is 21.9 Å². The number of carbonyl (C=O) groups excluding carboxylic acids is 3. The Morgan fingerprint density at radius 2 is 1.50 bits per heavy atom. The van der Waals surface area contributed by atoms with Crippen LogP contribution in [0.15, 0.2) is 12.1 Å². The third-order valence-corrected chi connectivity index (χ3v) is 5.92. The molecule has 0 saturated carbocycles. The van der Waals surface area contributed by atoms with Gasteiger partial charge in [0, 0.05) is 32.1 Å². The number of hydrogen-bond donors (Lipinski definition) is 0. The molecular formula is C17H19F3N2O3S. The molecule has 0 unspecified atom stereocenters. The fourth-order valence-corrected chi connectivity index (χ4v) is 4.33. The number of ketones is 1. The maximum Gasteiger partial charge on any atom is 0.455 e. The van der Waals surface area contributed by atoms with Gasteiger partial charge in [-0.25, -0.2) is 0 Å². The van der Waals surface area contributed by atoms with Crippen molar-refractivity contribution in [1.29, 1.82) is 0 Å². The summed E-state index contributed by atoms with van der Waals surface area (Å²) in [6.45, 7) is 2.37. The molecule has 9 heteroatoms. The lowest BCUT2D eigenvalue weighted by molar-refractivity contribution is -0.135. The van der Waals surface area contributed by atoms with Gasteiger partial charge in [0.15, 0.2) is 0 Å². The molecule has 0 aliphatic carbocycles. The molecule has 1 aromatic heterocycles. The summed E-state index contributed by atoms with van der Waals surface area (Å²) in [7, 11) is 0. The average molecular weight is 388 g/mol. The summed E-state index contributed by atoms with van der Waals surface area (Å²) < 4.78 is 37.4. The quantitative estimate of drug-likeness (QED) is 0.748. The highest BCUT2D eigenvalue weighted by atomic mass is 32.1. The van der Waals surface area contributed by atoms with E-state index in [0.29, 0.717) is 37.3 Å². The minimum Gasteiger partial charge on any atom is -0.342 e. The van der Waals surface area contributed by atoms with Crippen LogP contribution in [0.2, 0.25) is 0 Å². The number of thiophene rings is 1. The first-order valence-electron chi connectivity index (χ1n) is 8.57. The molecule has 0 aromatic carbocycles. The van der Waals surface area contributed by atoms with Gasteiger partial charge in [-0.05, 0) is 37.8 Å². The fraction of sp³-hybridized carbons (Fsp3) is 0.588. The Hall–Kier alpha value is -1.90. The van der Waals surface area contributed by atoms with Crippen molar-refractivity contribution < 1.29 is 27.6 Å². The first kappa shape index (κ1) is 18.9. The number of hydrogen-bond acceptors (Lipinski definition) is 4. The normalized spacial score (nSPS) is 19.0. The van der Waals surface area contributed by atoms with E-state index in [4.69, 9.17) is 0 Å². The SMILES string of the molecule is O=C(c1ccc(C(=O)C(F)(F)F)s1)N1CCC(C(=O)N2CCCC2)CC1. The van der Waals surface area contributed by atoms with Gasteiger partial charge < -0.3 is 9.80 Å². The van der Waals surface area contributed by atoms with Crippen LogP contribution in [0, 0.1) is 5.92 Å². The third-order valence-electron chi connectivity index (χ3n) is 4.85. The Balaban J connectivity index is 1.58. The molecule has 0 radical (unpaired) electrons. The summed E-state index contributed by atoms with van der Waals surface area (Å²) in [5.74, 6) is -2.27. The topological polar surface area (TPSA) is 57.7 Å². The van der Waals surface area contributed by atoms with Crippen LogP contribution >= 0.6 is 11.3 Å². The monoisotopic (exact) mass is 388 g/mol. The molecule has 0 atom stereocenters. The minimum absolute atomic E-state index is 0.0946. The zero-order valence-electron chi connectivity index (χ0n) is 14.1. The van der Waals surface area contributed by atoms with Gasteiger partial charge in [-0.3, -0.25) is 14.4 Å². The lowest BCUT2D eigenvalue weighted by Gasteiger charge is -2.33. The van der Waals surface area contributed by atoms with Crippen molar-refractivity contribution in [1.82, 2.24) is 9.80 Å². The summed E-state index contributed by atoms with van der Waals surface area (Å²) in [4.78, 5) is 39.1. The molecule has 0 N–H and O–H groups in total. The van der Waals surface area contributed by atoms with Gasteiger partial charge in [0.05, 0.1) is 9.75 Å². The van der Waals surface area contributed by atoms with E-state index in [0.717, 1.165) is 32.0 Å². The van der Waals surface area contributed by atoms with Gasteiger partial charge in [-0.2, -0.15) is 13.2 Å². The summed E-state index contributed by atoms with van der Waals surface area (Å²) in [6.07, 6.45) is -1.78. The average Bonchev–Trinajstić information content (AvgIpc) is 3.31. The van der Waals surface area contributed by atoms with E-state index in [2.05, 4.69) is 0 Å². The van der Waals surface area contributed by atoms with Gasteiger partial charge >= 0.3 is 6.18 Å². The molecule has 1 aromatic rings. The molecule has 0 spiro atoms. The zero-order chi connectivity index (χ0) is 18.9. The molecule has 26 heavy (non-hydrogen) atoms. The van der Waals surface area contributed by atoms with Gasteiger partial charge in [-0.15, -0.1) is 11.3 Å². The Morgan fingerprint density at radius 1 is 0.923 bits per heavy atom. The van der Waals surface area contributed by atoms with Gasteiger partial charge in [0.25, 0.3) is 11.7 Å². The molecule has 2 saturated heterocycles. The standard InChI is InChI=1S/C17H19F3N2O3S/c18-17(19,20)14(23)12-3-4-13(26-12)16(25)22-9-5-11(6-10-22)15(24)21-7-1-2-8-21/h3-4,11H,1-2,5-10H2. The molecule has 2 fully saturated rings. The van der Waals surface area contributed by atoms with Gasteiger partial charge in [0.2, 0.25) is 5.91 Å². The first-order chi connectivity index (χ1) is 12.3. The molecular weight excluding hydrogens is 369 g/mol. The predicted octanol–water partition coefficient (Wildman–Crippen LogP) is 2.97.